The van der Waals surface area contributed by atoms with Crippen LogP contribution < -0.4 is 0 Å². The highest BCUT2D eigenvalue weighted by molar-refractivity contribution is 5.92. The van der Waals surface area contributed by atoms with Gasteiger partial charge in [-0.15, -0.1) is 0 Å². The van der Waals surface area contributed by atoms with Crippen LogP contribution in [-0.2, 0) is 11.2 Å². The second-order valence-electron chi connectivity index (χ2n) is 3.71. The zero-order valence-electron chi connectivity index (χ0n) is 8.08. The van der Waals surface area contributed by atoms with E-state index in [2.05, 4.69) is 0 Å². The van der Waals surface area contributed by atoms with Gasteiger partial charge in [-0.05, 0) is 30.7 Å². The molecule has 0 saturated carbocycles. The van der Waals surface area contributed by atoms with Crippen LogP contribution >= 0.6 is 0 Å². The molecule has 0 saturated heterocycles. The van der Waals surface area contributed by atoms with E-state index < -0.39 is 17.4 Å². The number of fused-ring (bicyclic) bond motifs is 1. The van der Waals surface area contributed by atoms with Crippen LogP contribution in [0.3, 0.4) is 0 Å². The first kappa shape index (κ1) is 9.66. The Hall–Kier alpha value is -1.89. The Morgan fingerprint density at radius 3 is 3.00 bits per heavy atom. The molecule has 1 unspecified atom stereocenters. The summed E-state index contributed by atoms with van der Waals surface area (Å²) < 4.78 is 17.9. The Bertz CT molecular complexity index is 478. The van der Waals surface area contributed by atoms with Gasteiger partial charge in [0.25, 0.3) is 0 Å². The molecule has 1 aromatic carbocycles. The summed E-state index contributed by atoms with van der Waals surface area (Å²) in [5, 5.41) is 8.84. The Morgan fingerprint density at radius 1 is 1.60 bits per heavy atom. The fraction of sp³-hybridized carbons (Fsp3) is 0.273. The van der Waals surface area contributed by atoms with E-state index >= 15 is 0 Å². The van der Waals surface area contributed by atoms with E-state index in [0.29, 0.717) is 11.1 Å². The first-order chi connectivity index (χ1) is 7.04. The van der Waals surface area contributed by atoms with Crippen LogP contribution in [0.4, 0.5) is 4.39 Å². The van der Waals surface area contributed by atoms with E-state index in [0.717, 1.165) is 0 Å². The molecule has 0 aliphatic carbocycles. The van der Waals surface area contributed by atoms with Crippen molar-refractivity contribution in [2.45, 2.75) is 18.9 Å². The monoisotopic (exact) mass is 205 g/mol. The van der Waals surface area contributed by atoms with Crippen molar-refractivity contribution in [3.8, 4) is 6.07 Å². The smallest absolute Gasteiger partial charge is 0.340 e. The summed E-state index contributed by atoms with van der Waals surface area (Å²) in [6.07, 6.45) is 0.225. The number of carbonyl (C=O) groups excluding carboxylic acids is 1. The van der Waals surface area contributed by atoms with Crippen LogP contribution in [0.25, 0.3) is 0 Å². The zero-order chi connectivity index (χ0) is 11.1. The number of carbonyl (C=O) groups is 1. The molecule has 1 aliphatic rings. The van der Waals surface area contributed by atoms with Gasteiger partial charge in [0.15, 0.2) is 5.60 Å². The molecule has 0 spiro atoms. The first-order valence-electron chi connectivity index (χ1n) is 4.47. The molecule has 2 rings (SSSR count). The van der Waals surface area contributed by atoms with Crippen molar-refractivity contribution in [2.24, 2.45) is 0 Å². The lowest BCUT2D eigenvalue weighted by atomic mass is 9.91. The van der Waals surface area contributed by atoms with E-state index in [9.17, 15) is 9.18 Å². The molecule has 0 fully saturated rings. The van der Waals surface area contributed by atoms with Gasteiger partial charge in [-0.2, -0.15) is 5.26 Å². The van der Waals surface area contributed by atoms with Crippen LogP contribution in [0.2, 0.25) is 0 Å². The predicted octanol–water partition coefficient (Wildman–Crippen LogP) is 1.82. The number of esters is 1. The number of hydrogen-bond donors (Lipinski definition) is 0. The Morgan fingerprint density at radius 2 is 2.33 bits per heavy atom. The highest BCUT2D eigenvalue weighted by Crippen LogP contribution is 2.27. The van der Waals surface area contributed by atoms with Crippen molar-refractivity contribution >= 4 is 5.97 Å². The first-order valence-corrected chi connectivity index (χ1v) is 4.47. The number of halogens is 1. The lowest BCUT2D eigenvalue weighted by Crippen LogP contribution is -2.37. The van der Waals surface area contributed by atoms with Crippen LogP contribution in [0, 0.1) is 17.1 Å². The van der Waals surface area contributed by atoms with E-state index in [4.69, 9.17) is 10.00 Å². The summed E-state index contributed by atoms with van der Waals surface area (Å²) in [4.78, 5) is 11.5. The molecule has 0 bridgehead atoms. The van der Waals surface area contributed by atoms with E-state index in [-0.39, 0.29) is 6.42 Å². The van der Waals surface area contributed by atoms with Gasteiger partial charge in [0.2, 0.25) is 0 Å². The fourth-order valence-corrected chi connectivity index (χ4v) is 1.63. The molecule has 0 amide bonds. The van der Waals surface area contributed by atoms with Gasteiger partial charge in [0, 0.05) is 6.42 Å². The second-order valence-corrected chi connectivity index (χ2v) is 3.71. The molecular formula is C11H8FNO2. The van der Waals surface area contributed by atoms with E-state index in [1.54, 1.807) is 0 Å². The van der Waals surface area contributed by atoms with Gasteiger partial charge in [0.1, 0.15) is 11.9 Å². The summed E-state index contributed by atoms with van der Waals surface area (Å²) in [6, 6.07) is 5.76. The molecule has 4 heteroatoms. The minimum Gasteiger partial charge on any atom is -0.440 e. The van der Waals surface area contributed by atoms with Gasteiger partial charge in [-0.1, -0.05) is 0 Å². The van der Waals surface area contributed by atoms with Crippen molar-refractivity contribution in [3.05, 3.63) is 35.1 Å². The maximum atomic E-state index is 12.9. The van der Waals surface area contributed by atoms with Gasteiger partial charge in [0.05, 0.1) is 5.56 Å². The summed E-state index contributed by atoms with van der Waals surface area (Å²) in [7, 11) is 0. The Kier molecular flexibility index (Phi) is 1.97. The standard InChI is InChI=1S/C11H8FNO2/c1-11(6-13)5-7-4-8(12)2-3-9(7)10(14)15-11/h2-4H,5H2,1H3. The van der Waals surface area contributed by atoms with Gasteiger partial charge in [-0.25, -0.2) is 9.18 Å². The molecule has 1 heterocycles. The minimum atomic E-state index is -1.18. The van der Waals surface area contributed by atoms with Crippen molar-refractivity contribution in [3.63, 3.8) is 0 Å². The SMILES string of the molecule is CC1(C#N)Cc2cc(F)ccc2C(=O)O1. The van der Waals surface area contributed by atoms with Crippen LogP contribution in [-0.4, -0.2) is 11.6 Å². The third-order valence-electron chi connectivity index (χ3n) is 2.37. The van der Waals surface area contributed by atoms with E-state index in [1.807, 2.05) is 6.07 Å². The third-order valence-corrected chi connectivity index (χ3v) is 2.37. The fourth-order valence-electron chi connectivity index (χ4n) is 1.63. The third kappa shape index (κ3) is 1.57. The average molecular weight is 205 g/mol. The Labute approximate surface area is 86.1 Å². The van der Waals surface area contributed by atoms with Crippen molar-refractivity contribution < 1.29 is 13.9 Å². The largest absolute Gasteiger partial charge is 0.440 e. The number of ether oxygens (including phenoxy) is 1. The topological polar surface area (TPSA) is 50.1 Å². The highest BCUT2D eigenvalue weighted by Gasteiger charge is 2.36. The maximum Gasteiger partial charge on any atom is 0.340 e. The number of benzene rings is 1. The van der Waals surface area contributed by atoms with Gasteiger partial charge >= 0.3 is 5.97 Å². The molecule has 0 radical (unpaired) electrons. The summed E-state index contributed by atoms with van der Waals surface area (Å²) >= 11 is 0. The van der Waals surface area contributed by atoms with Crippen molar-refractivity contribution in [1.82, 2.24) is 0 Å². The van der Waals surface area contributed by atoms with Gasteiger partial charge < -0.3 is 4.74 Å². The molecule has 0 N–H and O–H groups in total. The highest BCUT2D eigenvalue weighted by atomic mass is 19.1. The maximum absolute atomic E-state index is 12.9. The number of rotatable bonds is 0. The molecular weight excluding hydrogens is 197 g/mol. The second kappa shape index (κ2) is 3.06. The van der Waals surface area contributed by atoms with Crippen LogP contribution in [0.15, 0.2) is 18.2 Å². The number of nitrogens with zero attached hydrogens (tertiary/aromatic N) is 1. The predicted molar refractivity (Wildman–Crippen MR) is 49.5 cm³/mol. The van der Waals surface area contributed by atoms with Crippen LogP contribution in [0.1, 0.15) is 22.8 Å². The molecule has 0 aromatic heterocycles. The van der Waals surface area contributed by atoms with E-state index in [1.165, 1.54) is 25.1 Å². The van der Waals surface area contributed by atoms with Crippen molar-refractivity contribution in [1.29, 1.82) is 5.26 Å². The normalized spacial score (nSPS) is 23.9. The lowest BCUT2D eigenvalue weighted by Gasteiger charge is -2.28. The number of hydrogen-bond acceptors (Lipinski definition) is 3. The minimum absolute atomic E-state index is 0.225. The summed E-state index contributed by atoms with van der Waals surface area (Å²) in [6.45, 7) is 1.51. The van der Waals surface area contributed by atoms with Crippen molar-refractivity contribution in [2.75, 3.05) is 0 Å². The summed E-state index contributed by atoms with van der Waals surface area (Å²) in [5.41, 5.74) is -0.322. The molecule has 1 aromatic rings. The number of cyclic esters (lactones) is 1. The Balaban J connectivity index is 2.52. The number of nitriles is 1. The quantitative estimate of drug-likeness (QED) is 0.607. The lowest BCUT2D eigenvalue weighted by molar-refractivity contribution is 0.00846. The van der Waals surface area contributed by atoms with Crippen LogP contribution in [0.5, 0.6) is 0 Å². The molecule has 3 nitrogen and oxygen atoms in total. The molecule has 1 atom stereocenters. The van der Waals surface area contributed by atoms with Gasteiger partial charge in [-0.3, -0.25) is 0 Å². The average Bonchev–Trinajstić information content (AvgIpc) is 2.16. The molecule has 1 aliphatic heterocycles. The summed E-state index contributed by atoms with van der Waals surface area (Å²) in [5.74, 6) is -0.982. The molecule has 15 heavy (non-hydrogen) atoms. The molecule has 76 valence electrons. The zero-order valence-corrected chi connectivity index (χ0v) is 8.08.